The average molecular weight is 268 g/mol. The molecular weight excluding hydrogens is 254 g/mol. The van der Waals surface area contributed by atoms with Gasteiger partial charge < -0.3 is 11.1 Å². The molecule has 2 rings (SSSR count). The minimum Gasteiger partial charge on any atom is -0.395 e. The van der Waals surface area contributed by atoms with E-state index < -0.39 is 11.6 Å². The van der Waals surface area contributed by atoms with E-state index in [1.54, 1.807) is 11.3 Å². The SMILES string of the molecule is CCC(Nc1cc(F)cc(F)c1N)c1cccs1. The van der Waals surface area contributed by atoms with Crippen LogP contribution >= 0.6 is 11.3 Å². The number of nitrogens with one attached hydrogen (secondary N) is 1. The summed E-state index contributed by atoms with van der Waals surface area (Å²) in [6, 6.07) is 5.94. The molecule has 18 heavy (non-hydrogen) atoms. The second-order valence-corrected chi connectivity index (χ2v) is 4.95. The minimum absolute atomic E-state index is 0.00787. The van der Waals surface area contributed by atoms with Crippen LogP contribution in [0.1, 0.15) is 24.3 Å². The Morgan fingerprint density at radius 1 is 1.39 bits per heavy atom. The van der Waals surface area contributed by atoms with Crippen molar-refractivity contribution in [3.8, 4) is 0 Å². The number of anilines is 2. The van der Waals surface area contributed by atoms with Crippen LogP contribution in [0.15, 0.2) is 29.6 Å². The molecule has 0 aliphatic heterocycles. The highest BCUT2D eigenvalue weighted by molar-refractivity contribution is 7.10. The quantitative estimate of drug-likeness (QED) is 0.817. The van der Waals surface area contributed by atoms with Crippen molar-refractivity contribution in [1.82, 2.24) is 0 Å². The second-order valence-electron chi connectivity index (χ2n) is 3.97. The Morgan fingerprint density at radius 2 is 2.17 bits per heavy atom. The number of benzene rings is 1. The van der Waals surface area contributed by atoms with E-state index in [1.807, 2.05) is 24.4 Å². The van der Waals surface area contributed by atoms with Crippen LogP contribution in [0, 0.1) is 11.6 Å². The van der Waals surface area contributed by atoms with Crippen molar-refractivity contribution in [3.05, 3.63) is 46.2 Å². The molecule has 0 saturated heterocycles. The standard InChI is InChI=1S/C13H14F2N2S/c1-2-10(12-4-3-5-18-12)17-11-7-8(14)6-9(15)13(11)16/h3-7,10,17H,2,16H2,1H3. The molecular formula is C13H14F2N2S. The van der Waals surface area contributed by atoms with Gasteiger partial charge in [0.25, 0.3) is 0 Å². The van der Waals surface area contributed by atoms with E-state index in [2.05, 4.69) is 5.32 Å². The molecule has 0 aliphatic rings. The lowest BCUT2D eigenvalue weighted by Crippen LogP contribution is -2.11. The van der Waals surface area contributed by atoms with E-state index >= 15 is 0 Å². The Bertz CT molecular complexity index is 526. The van der Waals surface area contributed by atoms with Gasteiger partial charge >= 0.3 is 0 Å². The Labute approximate surface area is 108 Å². The van der Waals surface area contributed by atoms with Gasteiger partial charge in [0.1, 0.15) is 5.82 Å². The maximum atomic E-state index is 13.3. The van der Waals surface area contributed by atoms with Crippen LogP contribution in [0.4, 0.5) is 20.2 Å². The fourth-order valence-corrected chi connectivity index (χ4v) is 2.62. The van der Waals surface area contributed by atoms with Crippen molar-refractivity contribution in [2.75, 3.05) is 11.1 Å². The summed E-state index contributed by atoms with van der Waals surface area (Å²) in [4.78, 5) is 1.11. The van der Waals surface area contributed by atoms with Crippen LogP contribution < -0.4 is 11.1 Å². The average Bonchev–Trinajstić information content (AvgIpc) is 2.85. The third kappa shape index (κ3) is 2.61. The molecule has 0 spiro atoms. The first-order valence-corrected chi connectivity index (χ1v) is 6.54. The van der Waals surface area contributed by atoms with Crippen molar-refractivity contribution < 1.29 is 8.78 Å². The highest BCUT2D eigenvalue weighted by Crippen LogP contribution is 2.30. The van der Waals surface area contributed by atoms with E-state index in [0.29, 0.717) is 5.69 Å². The molecule has 0 radical (unpaired) electrons. The molecule has 2 nitrogen and oxygen atoms in total. The number of nitrogen functional groups attached to an aromatic ring is 1. The molecule has 1 heterocycles. The molecule has 0 saturated carbocycles. The van der Waals surface area contributed by atoms with Gasteiger partial charge in [-0.2, -0.15) is 0 Å². The minimum atomic E-state index is -0.737. The van der Waals surface area contributed by atoms with Gasteiger partial charge in [-0.15, -0.1) is 11.3 Å². The lowest BCUT2D eigenvalue weighted by atomic mass is 10.1. The van der Waals surface area contributed by atoms with Crippen molar-refractivity contribution in [2.24, 2.45) is 0 Å². The summed E-state index contributed by atoms with van der Waals surface area (Å²) in [6.07, 6.45) is 0.804. The Kier molecular flexibility index (Phi) is 3.81. The van der Waals surface area contributed by atoms with Crippen molar-refractivity contribution in [1.29, 1.82) is 0 Å². The largest absolute Gasteiger partial charge is 0.395 e. The molecule has 1 unspecified atom stereocenters. The number of halogens is 2. The van der Waals surface area contributed by atoms with Crippen molar-refractivity contribution in [2.45, 2.75) is 19.4 Å². The van der Waals surface area contributed by atoms with Gasteiger partial charge in [0, 0.05) is 10.9 Å². The highest BCUT2D eigenvalue weighted by Gasteiger charge is 2.14. The van der Waals surface area contributed by atoms with Crippen LogP contribution in [0.2, 0.25) is 0 Å². The first-order chi connectivity index (χ1) is 8.61. The van der Waals surface area contributed by atoms with E-state index in [1.165, 1.54) is 6.07 Å². The zero-order valence-electron chi connectivity index (χ0n) is 9.91. The monoisotopic (exact) mass is 268 g/mol. The number of nitrogens with two attached hydrogens (primary N) is 1. The summed E-state index contributed by atoms with van der Waals surface area (Å²) in [6.45, 7) is 2.00. The number of hydrogen-bond donors (Lipinski definition) is 2. The summed E-state index contributed by atoms with van der Waals surface area (Å²) in [5, 5.41) is 5.05. The molecule has 0 amide bonds. The summed E-state index contributed by atoms with van der Waals surface area (Å²) in [5.74, 6) is -1.37. The molecule has 0 bridgehead atoms. The van der Waals surface area contributed by atoms with E-state index in [4.69, 9.17) is 5.73 Å². The van der Waals surface area contributed by atoms with E-state index in [0.717, 1.165) is 17.4 Å². The molecule has 2 aromatic rings. The summed E-state index contributed by atoms with van der Waals surface area (Å²) >= 11 is 1.60. The van der Waals surface area contributed by atoms with Gasteiger partial charge in [-0.05, 0) is 23.9 Å². The predicted octanol–water partition coefficient (Wildman–Crippen LogP) is 4.17. The highest BCUT2D eigenvalue weighted by atomic mass is 32.1. The molecule has 0 aliphatic carbocycles. The Morgan fingerprint density at radius 3 is 2.78 bits per heavy atom. The van der Waals surface area contributed by atoms with Gasteiger partial charge in [-0.3, -0.25) is 0 Å². The van der Waals surface area contributed by atoms with Gasteiger partial charge in [0.2, 0.25) is 0 Å². The molecule has 3 N–H and O–H groups in total. The second kappa shape index (κ2) is 5.35. The van der Waals surface area contributed by atoms with Gasteiger partial charge in [-0.1, -0.05) is 13.0 Å². The maximum absolute atomic E-state index is 13.3. The molecule has 0 fully saturated rings. The fraction of sp³-hybridized carbons (Fsp3) is 0.231. The third-order valence-electron chi connectivity index (χ3n) is 2.72. The van der Waals surface area contributed by atoms with Crippen LogP contribution in [-0.4, -0.2) is 0 Å². The lowest BCUT2D eigenvalue weighted by molar-refractivity contribution is 0.586. The topological polar surface area (TPSA) is 38.0 Å². The van der Waals surface area contributed by atoms with Crippen molar-refractivity contribution in [3.63, 3.8) is 0 Å². The summed E-state index contributed by atoms with van der Waals surface area (Å²) < 4.78 is 26.5. The van der Waals surface area contributed by atoms with Crippen LogP contribution in [0.25, 0.3) is 0 Å². The third-order valence-corrected chi connectivity index (χ3v) is 3.70. The zero-order chi connectivity index (χ0) is 13.1. The van der Waals surface area contributed by atoms with Gasteiger partial charge in [-0.25, -0.2) is 8.78 Å². The number of thiophene rings is 1. The van der Waals surface area contributed by atoms with E-state index in [9.17, 15) is 8.78 Å². The molecule has 5 heteroatoms. The zero-order valence-corrected chi connectivity index (χ0v) is 10.7. The number of rotatable bonds is 4. The Balaban J connectivity index is 2.28. The molecule has 1 atom stereocenters. The normalized spacial score (nSPS) is 12.4. The summed E-state index contributed by atoms with van der Waals surface area (Å²) in [5.41, 5.74) is 5.86. The lowest BCUT2D eigenvalue weighted by Gasteiger charge is -2.18. The summed E-state index contributed by atoms with van der Waals surface area (Å²) in [7, 11) is 0. The van der Waals surface area contributed by atoms with E-state index in [-0.39, 0.29) is 11.7 Å². The van der Waals surface area contributed by atoms with Crippen LogP contribution in [-0.2, 0) is 0 Å². The molecule has 96 valence electrons. The first kappa shape index (κ1) is 12.8. The fourth-order valence-electron chi connectivity index (χ4n) is 1.76. The van der Waals surface area contributed by atoms with Crippen LogP contribution in [0.5, 0.6) is 0 Å². The maximum Gasteiger partial charge on any atom is 0.151 e. The molecule has 1 aromatic heterocycles. The predicted molar refractivity (Wildman–Crippen MR) is 71.7 cm³/mol. The van der Waals surface area contributed by atoms with Gasteiger partial charge in [0.05, 0.1) is 17.4 Å². The number of hydrogen-bond acceptors (Lipinski definition) is 3. The van der Waals surface area contributed by atoms with Crippen molar-refractivity contribution >= 4 is 22.7 Å². The smallest absolute Gasteiger partial charge is 0.151 e. The Hall–Kier alpha value is -1.62. The molecule has 1 aromatic carbocycles. The van der Waals surface area contributed by atoms with Gasteiger partial charge in [0.15, 0.2) is 5.82 Å². The first-order valence-electron chi connectivity index (χ1n) is 5.66. The van der Waals surface area contributed by atoms with Crippen LogP contribution in [0.3, 0.4) is 0 Å².